The van der Waals surface area contributed by atoms with Crippen LogP contribution in [0.15, 0.2) is 96.0 Å². The van der Waals surface area contributed by atoms with Crippen molar-refractivity contribution in [2.75, 3.05) is 13.4 Å². The van der Waals surface area contributed by atoms with E-state index in [1.165, 1.54) is 23.7 Å². The second-order valence-electron chi connectivity index (χ2n) is 14.8. The molecule has 0 radical (unpaired) electrons. The highest BCUT2D eigenvalue weighted by Gasteiger charge is 2.25. The summed E-state index contributed by atoms with van der Waals surface area (Å²) in [5.74, 6) is 0.984. The monoisotopic (exact) mass is 661 g/mol. The zero-order valence-corrected chi connectivity index (χ0v) is 29.8. The van der Waals surface area contributed by atoms with E-state index in [0.717, 1.165) is 61.5 Å². The molecule has 0 unspecified atom stereocenters. The number of pyridine rings is 1. The Balaban J connectivity index is 1.67. The molecule has 5 aromatic carbocycles. The first-order valence-corrected chi connectivity index (χ1v) is 17.3. The van der Waals surface area contributed by atoms with Crippen LogP contribution in [0.25, 0.3) is 43.6 Å². The van der Waals surface area contributed by atoms with Crippen LogP contribution in [0, 0.1) is 16.6 Å². The molecule has 0 aliphatic carbocycles. The Hall–Kier alpha value is -4.13. The molecule has 0 bridgehead atoms. The van der Waals surface area contributed by atoms with Crippen molar-refractivity contribution in [1.29, 1.82) is 0 Å². The molecule has 248 valence electrons. The minimum atomic E-state index is -0.299. The van der Waals surface area contributed by atoms with Gasteiger partial charge in [-0.3, -0.25) is 4.98 Å². The van der Waals surface area contributed by atoms with E-state index in [-0.39, 0.29) is 23.4 Å². The van der Waals surface area contributed by atoms with Gasteiger partial charge in [0.05, 0.1) is 23.1 Å². The third-order valence-corrected chi connectivity index (χ3v) is 8.96. The van der Waals surface area contributed by atoms with Gasteiger partial charge in [-0.2, -0.15) is 0 Å². The topological polar surface area (TPSA) is 40.6 Å². The molecule has 1 aromatic heterocycles. The number of aromatic nitrogens is 1. The van der Waals surface area contributed by atoms with Crippen LogP contribution in [0.1, 0.15) is 59.6 Å². The van der Waals surface area contributed by atoms with Crippen molar-refractivity contribution in [2.24, 2.45) is 10.8 Å². The van der Waals surface area contributed by atoms with E-state index in [1.807, 2.05) is 49.4 Å². The number of ether oxygens (including phenoxy) is 2. The van der Waals surface area contributed by atoms with Gasteiger partial charge in [-0.05, 0) is 94.1 Å². The second-order valence-corrected chi connectivity index (χ2v) is 15.6. The van der Waals surface area contributed by atoms with Gasteiger partial charge in [0.1, 0.15) is 17.3 Å². The number of hydrogen-bond acceptors (Lipinski definition) is 5. The maximum atomic E-state index is 15.3. The number of fused-ring (bicyclic) bond motifs is 4. The average molecular weight is 662 g/mol. The quantitative estimate of drug-likeness (QED) is 0.0632. The number of hydrogen-bond donors (Lipinski definition) is 0. The maximum absolute atomic E-state index is 15.3. The molecular weight excluding hydrogens is 618 g/mol. The number of benzene rings is 5. The fraction of sp³-hybridized carbons (Fsp3) is 0.310. The highest BCUT2D eigenvalue weighted by Crippen LogP contribution is 2.47. The summed E-state index contributed by atoms with van der Waals surface area (Å²) in [4.78, 5) is 5.97. The van der Waals surface area contributed by atoms with Gasteiger partial charge in [0, 0.05) is 34.2 Å². The molecule has 6 rings (SSSR count). The molecule has 0 spiro atoms. The molecule has 0 amide bonds. The normalized spacial score (nSPS) is 12.2. The van der Waals surface area contributed by atoms with Crippen LogP contribution < -0.4 is 8.92 Å². The Morgan fingerprint density at radius 3 is 2.25 bits per heavy atom. The summed E-state index contributed by atoms with van der Waals surface area (Å²) >= 11 is 1.25. The minimum Gasteiger partial charge on any atom is -0.467 e. The van der Waals surface area contributed by atoms with Crippen LogP contribution in [0.2, 0.25) is 0 Å². The molecule has 0 atom stereocenters. The number of rotatable bonds is 10. The van der Waals surface area contributed by atoms with Crippen molar-refractivity contribution in [2.45, 2.75) is 66.2 Å². The molecule has 0 N–H and O–H groups in total. The van der Waals surface area contributed by atoms with Gasteiger partial charge in [-0.15, -0.1) is 0 Å². The van der Waals surface area contributed by atoms with Crippen LogP contribution in [-0.2, 0) is 17.6 Å². The second kappa shape index (κ2) is 13.8. The van der Waals surface area contributed by atoms with Crippen LogP contribution in [0.4, 0.5) is 4.39 Å². The summed E-state index contributed by atoms with van der Waals surface area (Å²) in [6.07, 6.45) is 3.53. The summed E-state index contributed by atoms with van der Waals surface area (Å²) in [6.45, 7) is 16.1. The lowest BCUT2D eigenvalue weighted by molar-refractivity contribution is 0.0221. The molecule has 0 saturated heterocycles. The van der Waals surface area contributed by atoms with Gasteiger partial charge in [-0.25, -0.2) is 4.39 Å². The lowest BCUT2D eigenvalue weighted by Gasteiger charge is -2.25. The Bertz CT molecular complexity index is 2080. The first kappa shape index (κ1) is 33.8. The first-order valence-electron chi connectivity index (χ1n) is 16.6. The van der Waals surface area contributed by atoms with Crippen molar-refractivity contribution in [3.05, 3.63) is 108 Å². The molecule has 6 heteroatoms. The molecule has 6 aromatic rings. The van der Waals surface area contributed by atoms with E-state index in [0.29, 0.717) is 23.4 Å². The summed E-state index contributed by atoms with van der Waals surface area (Å²) in [7, 11) is 0. The van der Waals surface area contributed by atoms with Crippen molar-refractivity contribution in [1.82, 2.24) is 4.98 Å². The zero-order chi connectivity index (χ0) is 34.1. The summed E-state index contributed by atoms with van der Waals surface area (Å²) in [5, 5.41) is 5.23. The Kier molecular flexibility index (Phi) is 9.69. The number of nitrogens with zero attached hydrogens (tertiary/aromatic N) is 1. The summed E-state index contributed by atoms with van der Waals surface area (Å²) in [6, 6.07) is 27.8. The lowest BCUT2D eigenvalue weighted by Crippen LogP contribution is -2.13. The van der Waals surface area contributed by atoms with Crippen molar-refractivity contribution in [3.8, 4) is 22.8 Å². The SMILES string of the molecule is CCOCOc1c(-c2nccc3c2c(OSc2ccccc2)cc2c(F)cccc23)cc2cc(CC(C)(C)C)ccc2c1CC(C)(C)C. The van der Waals surface area contributed by atoms with Gasteiger partial charge in [0.15, 0.2) is 6.79 Å². The van der Waals surface area contributed by atoms with Crippen LogP contribution in [0.3, 0.4) is 0 Å². The highest BCUT2D eigenvalue weighted by atomic mass is 32.2. The average Bonchev–Trinajstić information content (AvgIpc) is 3.03. The van der Waals surface area contributed by atoms with E-state index in [9.17, 15) is 0 Å². The molecule has 0 fully saturated rings. The Labute approximate surface area is 287 Å². The van der Waals surface area contributed by atoms with E-state index >= 15 is 4.39 Å². The molecule has 48 heavy (non-hydrogen) atoms. The van der Waals surface area contributed by atoms with Gasteiger partial charge in [-0.1, -0.05) is 90.1 Å². The Morgan fingerprint density at radius 1 is 0.750 bits per heavy atom. The summed E-state index contributed by atoms with van der Waals surface area (Å²) < 4.78 is 34.2. The first-order chi connectivity index (χ1) is 22.9. The van der Waals surface area contributed by atoms with Gasteiger partial charge in [0.2, 0.25) is 0 Å². The molecule has 0 saturated carbocycles. The van der Waals surface area contributed by atoms with Crippen molar-refractivity contribution >= 4 is 44.4 Å². The van der Waals surface area contributed by atoms with Gasteiger partial charge < -0.3 is 13.7 Å². The minimum absolute atomic E-state index is 0.0279. The summed E-state index contributed by atoms with van der Waals surface area (Å²) in [5.41, 5.74) is 4.07. The predicted octanol–water partition coefficient (Wildman–Crippen LogP) is 12.0. The molecule has 0 aliphatic rings. The molecule has 4 nitrogen and oxygen atoms in total. The van der Waals surface area contributed by atoms with Crippen molar-refractivity contribution < 1.29 is 18.0 Å². The Morgan fingerprint density at radius 2 is 1.52 bits per heavy atom. The van der Waals surface area contributed by atoms with E-state index in [2.05, 4.69) is 65.8 Å². The fourth-order valence-electron chi connectivity index (χ4n) is 6.36. The van der Waals surface area contributed by atoms with Crippen molar-refractivity contribution in [3.63, 3.8) is 0 Å². The third-order valence-electron chi connectivity index (χ3n) is 8.23. The van der Waals surface area contributed by atoms with Crippen LogP contribution >= 0.6 is 12.0 Å². The standard InChI is InChI=1S/C42H44FNO3S/c1-8-45-26-46-40-34(22-28-21-27(24-41(2,3)4)17-18-30(28)35(40)25-42(5,6)7)39-38-32(19-20-44-39)31-15-12-16-36(43)33(31)23-37(38)47-48-29-13-10-9-11-14-29/h9-23H,8,24-26H2,1-7H3. The van der Waals surface area contributed by atoms with Crippen LogP contribution in [0.5, 0.6) is 11.5 Å². The maximum Gasteiger partial charge on any atom is 0.189 e. The lowest BCUT2D eigenvalue weighted by atomic mass is 9.82. The van der Waals surface area contributed by atoms with E-state index in [4.69, 9.17) is 18.6 Å². The van der Waals surface area contributed by atoms with E-state index in [1.54, 1.807) is 18.3 Å². The van der Waals surface area contributed by atoms with Crippen LogP contribution in [-0.4, -0.2) is 18.4 Å². The largest absolute Gasteiger partial charge is 0.467 e. The van der Waals surface area contributed by atoms with Gasteiger partial charge >= 0.3 is 0 Å². The zero-order valence-electron chi connectivity index (χ0n) is 28.9. The number of halogens is 1. The molecule has 0 aliphatic heterocycles. The highest BCUT2D eigenvalue weighted by molar-refractivity contribution is 7.95. The fourth-order valence-corrected chi connectivity index (χ4v) is 6.95. The van der Waals surface area contributed by atoms with Gasteiger partial charge in [0.25, 0.3) is 0 Å². The molecular formula is C42H44FNO3S. The third kappa shape index (κ3) is 7.45. The predicted molar refractivity (Wildman–Crippen MR) is 199 cm³/mol. The molecule has 1 heterocycles. The smallest absolute Gasteiger partial charge is 0.189 e. The van der Waals surface area contributed by atoms with E-state index < -0.39 is 0 Å².